The van der Waals surface area contributed by atoms with E-state index in [2.05, 4.69) is 29.2 Å². The van der Waals surface area contributed by atoms with Crippen LogP contribution in [0.15, 0.2) is 59.0 Å². The molecule has 6 rings (SSSR count). The molecule has 1 N–H and O–H groups in total. The summed E-state index contributed by atoms with van der Waals surface area (Å²) in [5.74, 6) is 0.190. The van der Waals surface area contributed by atoms with Crippen LogP contribution < -0.4 is 4.74 Å². The standard InChI is InChI=1S/C29H25N3O4/c1-17-10-11-19(18-7-3-2-4-8-18)26-25(17)27(32-13-6-5-9-22(32)29(33)34)20-15-21-24(36-28(26)31-21)16-23(20)35-14-12-30/h2-4,7-8,10-11,15-16,22,27H,5-6,9,13-14H2,1H3,(H,33,34)/t22?,27-/m1/s1. The number of rotatable bonds is 5. The van der Waals surface area contributed by atoms with Crippen molar-refractivity contribution in [2.45, 2.75) is 38.3 Å². The van der Waals surface area contributed by atoms with E-state index in [-0.39, 0.29) is 6.61 Å². The average molecular weight is 480 g/mol. The molecule has 0 aliphatic carbocycles. The molecular weight excluding hydrogens is 454 g/mol. The van der Waals surface area contributed by atoms with E-state index in [1.807, 2.05) is 37.3 Å². The molecule has 180 valence electrons. The minimum Gasteiger partial charge on any atom is -0.480 e. The lowest BCUT2D eigenvalue weighted by molar-refractivity contribution is -0.145. The number of oxazole rings is 1. The molecule has 2 atom stereocenters. The van der Waals surface area contributed by atoms with Gasteiger partial charge >= 0.3 is 5.97 Å². The van der Waals surface area contributed by atoms with Crippen LogP contribution in [0.2, 0.25) is 0 Å². The number of aryl methyl sites for hydroxylation is 1. The molecular formula is C29H25N3O4. The Labute approximate surface area is 208 Å². The Morgan fingerprint density at radius 1 is 1.22 bits per heavy atom. The zero-order valence-corrected chi connectivity index (χ0v) is 19.9. The second-order valence-corrected chi connectivity index (χ2v) is 9.40. The Balaban J connectivity index is 1.69. The van der Waals surface area contributed by atoms with Crippen molar-refractivity contribution in [2.24, 2.45) is 0 Å². The van der Waals surface area contributed by atoms with Crippen LogP contribution in [0.1, 0.15) is 42.0 Å². The number of fused-ring (bicyclic) bond motifs is 4. The van der Waals surface area contributed by atoms with Gasteiger partial charge in [0.1, 0.15) is 23.4 Å². The van der Waals surface area contributed by atoms with Gasteiger partial charge in [-0.05, 0) is 54.6 Å². The van der Waals surface area contributed by atoms with Crippen LogP contribution in [0.4, 0.5) is 0 Å². The second kappa shape index (κ2) is 8.81. The monoisotopic (exact) mass is 479 g/mol. The van der Waals surface area contributed by atoms with Gasteiger partial charge in [0, 0.05) is 11.6 Å². The van der Waals surface area contributed by atoms with E-state index in [1.165, 1.54) is 0 Å². The van der Waals surface area contributed by atoms with Gasteiger partial charge in [-0.2, -0.15) is 5.26 Å². The zero-order chi connectivity index (χ0) is 24.8. The van der Waals surface area contributed by atoms with Crippen LogP contribution >= 0.6 is 0 Å². The number of benzene rings is 3. The predicted octanol–water partition coefficient (Wildman–Crippen LogP) is 5.71. The third kappa shape index (κ3) is 3.53. The Kier molecular flexibility index (Phi) is 5.46. The van der Waals surface area contributed by atoms with Crippen molar-refractivity contribution in [2.75, 3.05) is 13.2 Å². The molecule has 1 fully saturated rings. The van der Waals surface area contributed by atoms with Gasteiger partial charge in [-0.25, -0.2) is 4.98 Å². The van der Waals surface area contributed by atoms with Crippen molar-refractivity contribution in [1.82, 2.24) is 9.88 Å². The predicted molar refractivity (Wildman–Crippen MR) is 135 cm³/mol. The quantitative estimate of drug-likeness (QED) is 0.391. The maximum atomic E-state index is 12.4. The second-order valence-electron chi connectivity index (χ2n) is 9.40. The maximum absolute atomic E-state index is 12.4. The van der Waals surface area contributed by atoms with E-state index in [4.69, 9.17) is 14.1 Å². The van der Waals surface area contributed by atoms with Crippen LogP contribution in [-0.2, 0) is 4.79 Å². The minimum atomic E-state index is -0.827. The number of nitrogens with zero attached hydrogens (tertiary/aromatic N) is 3. The summed E-state index contributed by atoms with van der Waals surface area (Å²) in [6.45, 7) is 2.56. The molecule has 1 aromatic heterocycles. The van der Waals surface area contributed by atoms with Gasteiger partial charge < -0.3 is 14.3 Å². The van der Waals surface area contributed by atoms with E-state index >= 15 is 0 Å². The molecule has 0 spiro atoms. The summed E-state index contributed by atoms with van der Waals surface area (Å²) in [5.41, 5.74) is 6.91. The van der Waals surface area contributed by atoms with E-state index in [0.717, 1.165) is 46.2 Å². The average Bonchev–Trinajstić information content (AvgIpc) is 3.33. The van der Waals surface area contributed by atoms with Gasteiger partial charge in [0.15, 0.2) is 12.2 Å². The van der Waals surface area contributed by atoms with Gasteiger partial charge in [0.25, 0.3) is 0 Å². The van der Waals surface area contributed by atoms with Crippen molar-refractivity contribution in [3.05, 3.63) is 71.3 Å². The first-order valence-electron chi connectivity index (χ1n) is 12.2. The van der Waals surface area contributed by atoms with Crippen LogP contribution in [0.5, 0.6) is 5.75 Å². The Bertz CT molecular complexity index is 1520. The summed E-state index contributed by atoms with van der Waals surface area (Å²) in [5, 5.41) is 19.4. The first-order chi connectivity index (χ1) is 17.6. The van der Waals surface area contributed by atoms with Gasteiger partial charge in [-0.3, -0.25) is 9.69 Å². The fourth-order valence-corrected chi connectivity index (χ4v) is 5.72. The third-order valence-corrected chi connectivity index (χ3v) is 7.30. The van der Waals surface area contributed by atoms with E-state index in [0.29, 0.717) is 35.7 Å². The lowest BCUT2D eigenvalue weighted by atomic mass is 9.83. The molecule has 3 heterocycles. The number of carbonyl (C=O) groups is 1. The fraction of sp³-hybridized carbons (Fsp3) is 0.276. The van der Waals surface area contributed by atoms with Crippen LogP contribution in [0.25, 0.3) is 33.7 Å². The molecule has 0 radical (unpaired) electrons. The third-order valence-electron chi connectivity index (χ3n) is 7.30. The highest BCUT2D eigenvalue weighted by atomic mass is 16.5. The summed E-state index contributed by atoms with van der Waals surface area (Å²) >= 11 is 0. The summed E-state index contributed by atoms with van der Waals surface area (Å²) < 4.78 is 12.2. The Morgan fingerprint density at radius 2 is 2.06 bits per heavy atom. The molecule has 0 saturated carbocycles. The summed E-state index contributed by atoms with van der Waals surface area (Å²) in [4.78, 5) is 19.4. The Morgan fingerprint density at radius 3 is 2.83 bits per heavy atom. The highest BCUT2D eigenvalue weighted by Gasteiger charge is 2.40. The molecule has 1 unspecified atom stereocenters. The zero-order valence-electron chi connectivity index (χ0n) is 19.9. The van der Waals surface area contributed by atoms with Gasteiger partial charge in [0.05, 0.1) is 11.6 Å². The lowest BCUT2D eigenvalue weighted by Crippen LogP contribution is -2.47. The van der Waals surface area contributed by atoms with Crippen molar-refractivity contribution in [3.8, 4) is 34.4 Å². The summed E-state index contributed by atoms with van der Waals surface area (Å²) in [6, 6.07) is 19.0. The number of aliphatic carboxylic acids is 1. The number of aromatic nitrogens is 1. The number of carboxylic acid groups (broad SMARTS) is 1. The molecule has 4 aromatic rings. The molecule has 2 aliphatic rings. The number of carboxylic acids is 1. The maximum Gasteiger partial charge on any atom is 0.320 e. The van der Waals surface area contributed by atoms with Crippen LogP contribution in [0.3, 0.4) is 0 Å². The van der Waals surface area contributed by atoms with Crippen LogP contribution in [-0.4, -0.2) is 40.2 Å². The van der Waals surface area contributed by atoms with E-state index in [9.17, 15) is 15.2 Å². The number of hydrogen-bond donors (Lipinski definition) is 1. The molecule has 7 nitrogen and oxygen atoms in total. The molecule has 1 saturated heterocycles. The number of hydrogen-bond acceptors (Lipinski definition) is 6. The van der Waals surface area contributed by atoms with Gasteiger partial charge in [0.2, 0.25) is 5.89 Å². The van der Waals surface area contributed by atoms with Crippen LogP contribution in [0, 0.1) is 18.3 Å². The first kappa shape index (κ1) is 22.3. The van der Waals surface area contributed by atoms with E-state index in [1.54, 1.807) is 6.07 Å². The molecule has 3 aromatic carbocycles. The molecule has 36 heavy (non-hydrogen) atoms. The molecule has 7 heteroatoms. The van der Waals surface area contributed by atoms with Crippen molar-refractivity contribution in [3.63, 3.8) is 0 Å². The normalized spacial score (nSPS) is 19.0. The van der Waals surface area contributed by atoms with E-state index < -0.39 is 18.1 Å². The minimum absolute atomic E-state index is 0.121. The number of nitriles is 1. The number of likely N-dealkylation sites (tertiary alicyclic amines) is 1. The van der Waals surface area contributed by atoms with Crippen molar-refractivity contribution >= 4 is 17.1 Å². The highest BCUT2D eigenvalue weighted by Crippen LogP contribution is 2.49. The smallest absolute Gasteiger partial charge is 0.320 e. The molecule has 0 amide bonds. The first-order valence-corrected chi connectivity index (χ1v) is 12.2. The topological polar surface area (TPSA) is 99.6 Å². The SMILES string of the molecule is Cc1ccc(-c2ccccc2)c2c1[C@H](N1CCCCC1C(=O)O)c1cc3nc-2oc3cc1OCC#N. The molecule has 2 aliphatic heterocycles. The summed E-state index contributed by atoms with van der Waals surface area (Å²) in [7, 11) is 0. The number of piperidine rings is 1. The lowest BCUT2D eigenvalue weighted by Gasteiger charge is -2.41. The Hall–Kier alpha value is -4.15. The summed E-state index contributed by atoms with van der Waals surface area (Å²) in [6.07, 6.45) is 2.35. The highest BCUT2D eigenvalue weighted by molar-refractivity contribution is 5.89. The van der Waals surface area contributed by atoms with Crippen molar-refractivity contribution < 1.29 is 19.1 Å². The fourth-order valence-electron chi connectivity index (χ4n) is 5.72. The number of ether oxygens (including phenoxy) is 1. The largest absolute Gasteiger partial charge is 0.480 e. The van der Waals surface area contributed by atoms with Gasteiger partial charge in [-0.15, -0.1) is 0 Å². The molecule has 3 bridgehead atoms. The van der Waals surface area contributed by atoms with Crippen molar-refractivity contribution in [1.29, 1.82) is 5.26 Å². The van der Waals surface area contributed by atoms with Gasteiger partial charge in [-0.1, -0.05) is 48.9 Å².